The fraction of sp³-hybridized carbons (Fsp3) is 0.364. The van der Waals surface area contributed by atoms with E-state index in [0.717, 1.165) is 12.8 Å². The molecule has 2 aromatic rings. The summed E-state index contributed by atoms with van der Waals surface area (Å²) in [6.45, 7) is 2.80. The van der Waals surface area contributed by atoms with E-state index in [-0.39, 0.29) is 24.5 Å². The molecule has 1 aliphatic heterocycles. The molecule has 2 amide bonds. The van der Waals surface area contributed by atoms with Gasteiger partial charge in [-0.2, -0.15) is 4.89 Å². The van der Waals surface area contributed by atoms with Crippen LogP contribution in [0, 0.1) is 0 Å². The molecule has 1 saturated heterocycles. The van der Waals surface area contributed by atoms with Gasteiger partial charge >= 0.3 is 6.09 Å². The van der Waals surface area contributed by atoms with Gasteiger partial charge in [-0.1, -0.05) is 48.5 Å². The van der Waals surface area contributed by atoms with Crippen LogP contribution in [0.1, 0.15) is 36.8 Å². The highest BCUT2D eigenvalue weighted by atomic mass is 17.2. The van der Waals surface area contributed by atoms with Crippen molar-refractivity contribution in [2.45, 2.75) is 31.7 Å². The Labute approximate surface area is 164 Å². The quantitative estimate of drug-likeness (QED) is 0.651. The van der Waals surface area contributed by atoms with Crippen LogP contribution in [0.3, 0.4) is 0 Å². The summed E-state index contributed by atoms with van der Waals surface area (Å²) in [5.74, 6) is -0.0521. The van der Waals surface area contributed by atoms with Gasteiger partial charge in [0, 0.05) is 32.0 Å². The zero-order valence-corrected chi connectivity index (χ0v) is 15.9. The van der Waals surface area contributed by atoms with E-state index in [4.69, 9.17) is 9.78 Å². The summed E-state index contributed by atoms with van der Waals surface area (Å²) in [5.41, 5.74) is 4.77. The molecular weight excluding hydrogens is 356 g/mol. The maximum Gasteiger partial charge on any atom is 0.441 e. The summed E-state index contributed by atoms with van der Waals surface area (Å²) in [4.78, 5) is 35.7. The third-order valence-electron chi connectivity index (χ3n) is 5.41. The minimum Gasteiger partial charge on any atom is -0.352 e. The second-order valence-electron chi connectivity index (χ2n) is 7.35. The van der Waals surface area contributed by atoms with Crippen molar-refractivity contribution in [1.29, 1.82) is 0 Å². The minimum absolute atomic E-state index is 0.0348. The van der Waals surface area contributed by atoms with Gasteiger partial charge in [-0.05, 0) is 35.1 Å². The lowest BCUT2D eigenvalue weighted by Crippen LogP contribution is -2.49. The van der Waals surface area contributed by atoms with Gasteiger partial charge in [0.2, 0.25) is 5.91 Å². The van der Waals surface area contributed by atoms with Gasteiger partial charge in [0.15, 0.2) is 0 Å². The molecular formula is C22H24N2O4. The Bertz CT molecular complexity index is 837. The van der Waals surface area contributed by atoms with Crippen LogP contribution in [0.15, 0.2) is 48.5 Å². The molecule has 4 rings (SSSR count). The van der Waals surface area contributed by atoms with Gasteiger partial charge in [0.05, 0.1) is 0 Å². The van der Waals surface area contributed by atoms with E-state index in [1.807, 2.05) is 24.3 Å². The number of rotatable bonds is 4. The van der Waals surface area contributed by atoms with Crippen molar-refractivity contribution < 1.29 is 19.4 Å². The Kier molecular flexibility index (Phi) is 5.30. The van der Waals surface area contributed by atoms with Gasteiger partial charge < -0.3 is 10.2 Å². The van der Waals surface area contributed by atoms with Crippen LogP contribution in [0.5, 0.6) is 0 Å². The number of hydrogen-bond acceptors (Lipinski definition) is 4. The molecule has 2 aliphatic rings. The monoisotopic (exact) mass is 380 g/mol. The summed E-state index contributed by atoms with van der Waals surface area (Å²) in [6, 6.07) is 16.4. The van der Waals surface area contributed by atoms with Crippen molar-refractivity contribution in [2.24, 2.45) is 0 Å². The predicted octanol–water partition coefficient (Wildman–Crippen LogP) is 3.47. The van der Waals surface area contributed by atoms with Gasteiger partial charge in [-0.15, -0.1) is 0 Å². The fourth-order valence-corrected chi connectivity index (χ4v) is 4.19. The first-order chi connectivity index (χ1) is 13.6. The van der Waals surface area contributed by atoms with Crippen LogP contribution in [0.2, 0.25) is 0 Å². The maximum atomic E-state index is 12.4. The molecule has 1 atom stereocenters. The molecule has 0 bridgehead atoms. The van der Waals surface area contributed by atoms with Crippen molar-refractivity contribution in [3.63, 3.8) is 0 Å². The average Bonchev–Trinajstić information content (AvgIpc) is 3.02. The van der Waals surface area contributed by atoms with Crippen LogP contribution in [-0.2, 0) is 14.6 Å². The highest BCUT2D eigenvalue weighted by Gasteiger charge is 2.30. The van der Waals surface area contributed by atoms with Crippen LogP contribution < -0.4 is 5.32 Å². The number of nitrogens with one attached hydrogen (secondary N) is 1. The van der Waals surface area contributed by atoms with Crippen molar-refractivity contribution in [3.05, 3.63) is 59.7 Å². The first kappa shape index (κ1) is 18.5. The summed E-state index contributed by atoms with van der Waals surface area (Å²) in [7, 11) is 0. The molecule has 1 unspecified atom stereocenters. The van der Waals surface area contributed by atoms with Crippen molar-refractivity contribution in [2.75, 3.05) is 19.7 Å². The number of fused-ring (bicyclic) bond motifs is 3. The Balaban J connectivity index is 1.36. The van der Waals surface area contributed by atoms with Gasteiger partial charge in [0.25, 0.3) is 0 Å². The zero-order valence-electron chi connectivity index (χ0n) is 15.9. The predicted molar refractivity (Wildman–Crippen MR) is 105 cm³/mol. The molecule has 0 spiro atoms. The molecule has 0 radical (unpaired) electrons. The largest absolute Gasteiger partial charge is 0.441 e. The molecule has 28 heavy (non-hydrogen) atoms. The summed E-state index contributed by atoms with van der Waals surface area (Å²) in [6.07, 6.45) is 1.18. The topological polar surface area (TPSA) is 67.9 Å². The first-order valence-electron chi connectivity index (χ1n) is 9.67. The van der Waals surface area contributed by atoms with E-state index < -0.39 is 6.09 Å². The van der Waals surface area contributed by atoms with Crippen LogP contribution >= 0.6 is 0 Å². The van der Waals surface area contributed by atoms with E-state index in [9.17, 15) is 9.59 Å². The molecule has 146 valence electrons. The molecule has 0 saturated carbocycles. The number of carbonyl (C=O) groups excluding carboxylic acids is 2. The molecule has 2 aromatic carbocycles. The SMILES string of the molecule is CC(=O)NC1CCCN(C(=O)OOCC2c3ccccc3-c3ccccc32)C1. The molecule has 1 heterocycles. The standard InChI is InChI=1S/C22H24N2O4/c1-15(25)23-16-7-6-12-24(13-16)22(26)28-27-14-21-19-10-4-2-8-17(19)18-9-3-5-11-20(18)21/h2-5,8-11,16,21H,6-7,12-14H2,1H3,(H,23,25). The Hall–Kier alpha value is -2.86. The minimum atomic E-state index is -0.505. The first-order valence-corrected chi connectivity index (χ1v) is 9.67. The van der Waals surface area contributed by atoms with E-state index in [2.05, 4.69) is 29.6 Å². The van der Waals surface area contributed by atoms with E-state index in [1.54, 1.807) is 4.90 Å². The van der Waals surface area contributed by atoms with E-state index >= 15 is 0 Å². The third-order valence-corrected chi connectivity index (χ3v) is 5.41. The second-order valence-corrected chi connectivity index (χ2v) is 7.35. The Morgan fingerprint density at radius 1 is 1.07 bits per heavy atom. The lowest BCUT2D eigenvalue weighted by Gasteiger charge is -2.31. The van der Waals surface area contributed by atoms with Crippen LogP contribution in [-0.4, -0.2) is 42.6 Å². The number of hydrogen-bond donors (Lipinski definition) is 1. The normalized spacial score (nSPS) is 18.3. The molecule has 1 N–H and O–H groups in total. The molecule has 6 heteroatoms. The lowest BCUT2D eigenvalue weighted by atomic mass is 9.98. The zero-order chi connectivity index (χ0) is 19.5. The molecule has 6 nitrogen and oxygen atoms in total. The van der Waals surface area contributed by atoms with E-state index in [0.29, 0.717) is 13.1 Å². The number of nitrogens with zero attached hydrogens (tertiary/aromatic N) is 1. The third kappa shape index (κ3) is 3.73. The average molecular weight is 380 g/mol. The van der Waals surface area contributed by atoms with Crippen LogP contribution in [0.4, 0.5) is 4.79 Å². The molecule has 0 aromatic heterocycles. The lowest BCUT2D eigenvalue weighted by molar-refractivity contribution is -0.247. The van der Waals surface area contributed by atoms with Crippen molar-refractivity contribution in [1.82, 2.24) is 10.2 Å². The molecule has 1 aliphatic carbocycles. The van der Waals surface area contributed by atoms with Gasteiger partial charge in [-0.3, -0.25) is 9.68 Å². The fourth-order valence-electron chi connectivity index (χ4n) is 4.19. The smallest absolute Gasteiger partial charge is 0.352 e. The second kappa shape index (κ2) is 8.02. The highest BCUT2D eigenvalue weighted by molar-refractivity contribution is 5.78. The van der Waals surface area contributed by atoms with Gasteiger partial charge in [-0.25, -0.2) is 4.79 Å². The molecule has 1 fully saturated rings. The number of piperidine rings is 1. The summed E-state index contributed by atoms with van der Waals surface area (Å²) >= 11 is 0. The number of amides is 2. The van der Waals surface area contributed by atoms with Crippen molar-refractivity contribution in [3.8, 4) is 11.1 Å². The number of likely N-dealkylation sites (tertiary alicyclic amines) is 1. The number of benzene rings is 2. The van der Waals surface area contributed by atoms with Gasteiger partial charge in [0.1, 0.15) is 6.61 Å². The summed E-state index contributed by atoms with van der Waals surface area (Å²) in [5, 5.41) is 2.86. The highest BCUT2D eigenvalue weighted by Crippen LogP contribution is 2.44. The number of carbonyl (C=O) groups is 2. The Morgan fingerprint density at radius 2 is 1.71 bits per heavy atom. The van der Waals surface area contributed by atoms with E-state index in [1.165, 1.54) is 29.2 Å². The Morgan fingerprint density at radius 3 is 2.36 bits per heavy atom. The van der Waals surface area contributed by atoms with Crippen LogP contribution in [0.25, 0.3) is 11.1 Å². The summed E-state index contributed by atoms with van der Waals surface area (Å²) < 4.78 is 0. The van der Waals surface area contributed by atoms with Crippen molar-refractivity contribution >= 4 is 12.0 Å². The maximum absolute atomic E-state index is 12.4.